The molecule has 0 saturated heterocycles. The Balaban J connectivity index is 1.61. The largest absolute Gasteiger partial charge is 0.458 e. The van der Waals surface area contributed by atoms with Gasteiger partial charge in [-0.15, -0.1) is 0 Å². The Hall–Kier alpha value is -2.59. The minimum Gasteiger partial charge on any atom is -0.458 e. The van der Waals surface area contributed by atoms with Crippen molar-refractivity contribution in [3.8, 4) is 16.9 Å². The van der Waals surface area contributed by atoms with Gasteiger partial charge in [0, 0.05) is 0 Å². The van der Waals surface area contributed by atoms with Crippen molar-refractivity contribution in [2.24, 2.45) is 5.92 Å². The third-order valence-electron chi connectivity index (χ3n) is 4.73. The summed E-state index contributed by atoms with van der Waals surface area (Å²) in [4.78, 5) is 11.9. The first kappa shape index (κ1) is 19.2. The minimum absolute atomic E-state index is 0.310. The summed E-state index contributed by atoms with van der Waals surface area (Å²) in [6.45, 7) is 6.24. The van der Waals surface area contributed by atoms with Crippen LogP contribution in [0.25, 0.3) is 11.1 Å². The molecule has 0 aliphatic heterocycles. The van der Waals surface area contributed by atoms with Crippen LogP contribution in [0.2, 0.25) is 5.02 Å². The molecule has 1 aliphatic rings. The predicted molar refractivity (Wildman–Crippen MR) is 110 cm³/mol. The van der Waals surface area contributed by atoms with Gasteiger partial charge in [-0.1, -0.05) is 55.0 Å². The molecule has 5 heteroatoms. The molecule has 0 bridgehead atoms. The Kier molecular flexibility index (Phi) is 6.30. The van der Waals surface area contributed by atoms with Crippen molar-refractivity contribution in [1.82, 2.24) is 10.2 Å². The molecule has 1 N–H and O–H groups in total. The summed E-state index contributed by atoms with van der Waals surface area (Å²) in [6, 6.07) is 7.14. The van der Waals surface area contributed by atoms with Crippen molar-refractivity contribution in [3.63, 3.8) is 0 Å². The van der Waals surface area contributed by atoms with Gasteiger partial charge in [0.2, 0.25) is 0 Å². The van der Waals surface area contributed by atoms with Gasteiger partial charge in [-0.05, 0) is 55.4 Å². The Morgan fingerprint density at radius 2 is 2.00 bits per heavy atom. The highest BCUT2D eigenvalue weighted by atomic mass is 35.5. The van der Waals surface area contributed by atoms with Crippen LogP contribution < -0.4 is 10.3 Å². The monoisotopic (exact) mass is 382 g/mol. The highest BCUT2D eigenvalue weighted by Gasteiger charge is 2.11. The van der Waals surface area contributed by atoms with E-state index in [0.717, 1.165) is 5.92 Å². The van der Waals surface area contributed by atoms with Gasteiger partial charge in [-0.25, -0.2) is 5.10 Å². The highest BCUT2D eigenvalue weighted by molar-refractivity contribution is 6.33. The SMILES string of the molecule is C=C(/C=C\C=C1CCC(C)CC1)Oc1ccc(-c2c(Cl)cn[nH]c2=O)cc1. The van der Waals surface area contributed by atoms with Crippen LogP contribution in [0.1, 0.15) is 32.6 Å². The summed E-state index contributed by atoms with van der Waals surface area (Å²) in [5.74, 6) is 2.04. The number of benzene rings is 1. The third kappa shape index (κ3) is 5.20. The number of H-pyrrole nitrogens is 1. The molecule has 27 heavy (non-hydrogen) atoms. The molecule has 4 nitrogen and oxygen atoms in total. The van der Waals surface area contributed by atoms with Crippen LogP contribution >= 0.6 is 11.6 Å². The molecular weight excluding hydrogens is 360 g/mol. The summed E-state index contributed by atoms with van der Waals surface area (Å²) in [5, 5.41) is 6.37. The molecule has 0 amide bonds. The Labute approximate surface area is 164 Å². The van der Waals surface area contributed by atoms with Crippen molar-refractivity contribution >= 4 is 11.6 Å². The first-order valence-electron chi connectivity index (χ1n) is 9.09. The molecule has 0 spiro atoms. The van der Waals surface area contributed by atoms with Crippen LogP contribution in [0.3, 0.4) is 0 Å². The van der Waals surface area contributed by atoms with E-state index in [-0.39, 0.29) is 5.56 Å². The Morgan fingerprint density at radius 1 is 1.30 bits per heavy atom. The fourth-order valence-electron chi connectivity index (χ4n) is 3.11. The first-order chi connectivity index (χ1) is 13.0. The zero-order valence-electron chi connectivity index (χ0n) is 15.4. The lowest BCUT2D eigenvalue weighted by Gasteiger charge is -2.19. The van der Waals surface area contributed by atoms with Crippen molar-refractivity contribution < 1.29 is 4.74 Å². The predicted octanol–water partition coefficient (Wildman–Crippen LogP) is 5.68. The van der Waals surface area contributed by atoms with Crippen LogP contribution in [0, 0.1) is 5.92 Å². The van der Waals surface area contributed by atoms with E-state index in [1.807, 2.05) is 12.2 Å². The minimum atomic E-state index is -0.325. The molecule has 0 unspecified atom stereocenters. The lowest BCUT2D eigenvalue weighted by molar-refractivity contribution is 0.443. The van der Waals surface area contributed by atoms with Crippen molar-refractivity contribution in [3.05, 3.63) is 82.0 Å². The maximum Gasteiger partial charge on any atom is 0.273 e. The first-order valence-corrected chi connectivity index (χ1v) is 9.47. The summed E-state index contributed by atoms with van der Waals surface area (Å²) in [7, 11) is 0. The van der Waals surface area contributed by atoms with Crippen LogP contribution in [-0.2, 0) is 0 Å². The fourth-order valence-corrected chi connectivity index (χ4v) is 3.36. The number of aromatic amines is 1. The maximum absolute atomic E-state index is 11.9. The van der Waals surface area contributed by atoms with Crippen molar-refractivity contribution in [1.29, 1.82) is 0 Å². The number of aromatic nitrogens is 2. The molecule has 1 heterocycles. The number of hydrogen-bond acceptors (Lipinski definition) is 3. The fraction of sp³-hybridized carbons (Fsp3) is 0.273. The molecule has 0 atom stereocenters. The number of allylic oxidation sites excluding steroid dienone is 4. The molecule has 0 radical (unpaired) electrons. The molecule has 140 valence electrons. The molecule has 1 fully saturated rings. The summed E-state index contributed by atoms with van der Waals surface area (Å²) >= 11 is 6.07. The molecule has 1 aliphatic carbocycles. The second-order valence-electron chi connectivity index (χ2n) is 6.88. The average molecular weight is 383 g/mol. The van der Waals surface area contributed by atoms with Crippen LogP contribution in [0.5, 0.6) is 5.75 Å². The number of rotatable bonds is 5. The van der Waals surface area contributed by atoms with Crippen LogP contribution in [-0.4, -0.2) is 10.2 Å². The number of ether oxygens (including phenoxy) is 1. The van der Waals surface area contributed by atoms with Gasteiger partial charge in [0.15, 0.2) is 0 Å². The zero-order valence-corrected chi connectivity index (χ0v) is 16.1. The average Bonchev–Trinajstić information content (AvgIpc) is 2.64. The normalized spacial score (nSPS) is 17.1. The lowest BCUT2D eigenvalue weighted by atomic mass is 9.87. The summed E-state index contributed by atoms with van der Waals surface area (Å²) in [5.41, 5.74) is 2.26. The summed E-state index contributed by atoms with van der Waals surface area (Å²) in [6.07, 6.45) is 12.3. The van der Waals surface area contributed by atoms with E-state index in [0.29, 0.717) is 27.7 Å². The van der Waals surface area contributed by atoms with Crippen molar-refractivity contribution in [2.45, 2.75) is 32.6 Å². The van der Waals surface area contributed by atoms with Gasteiger partial charge in [0.25, 0.3) is 5.56 Å². The smallest absolute Gasteiger partial charge is 0.273 e. The van der Waals surface area contributed by atoms with Gasteiger partial charge in [-0.2, -0.15) is 5.10 Å². The molecule has 1 aromatic heterocycles. The summed E-state index contributed by atoms with van der Waals surface area (Å²) < 4.78 is 5.73. The van der Waals surface area contributed by atoms with Gasteiger partial charge < -0.3 is 4.74 Å². The number of hydrogen-bond donors (Lipinski definition) is 1. The van der Waals surface area contributed by atoms with E-state index in [9.17, 15) is 4.79 Å². The number of nitrogens with zero attached hydrogens (tertiary/aromatic N) is 1. The van der Waals surface area contributed by atoms with E-state index in [1.165, 1.54) is 37.5 Å². The maximum atomic E-state index is 11.9. The number of nitrogens with one attached hydrogen (secondary N) is 1. The topological polar surface area (TPSA) is 55.0 Å². The lowest BCUT2D eigenvalue weighted by Crippen LogP contribution is -2.10. The third-order valence-corrected chi connectivity index (χ3v) is 5.02. The Bertz CT molecular complexity index is 916. The molecular formula is C22H23ClN2O2. The van der Waals surface area contributed by atoms with E-state index in [1.54, 1.807) is 24.3 Å². The second kappa shape index (κ2) is 8.87. The second-order valence-corrected chi connectivity index (χ2v) is 7.29. The van der Waals surface area contributed by atoms with Crippen molar-refractivity contribution in [2.75, 3.05) is 0 Å². The quantitative estimate of drug-likeness (QED) is 0.535. The van der Waals surface area contributed by atoms with E-state index in [2.05, 4.69) is 29.8 Å². The molecule has 2 aromatic rings. The molecule has 3 rings (SSSR count). The van der Waals surface area contributed by atoms with Gasteiger partial charge >= 0.3 is 0 Å². The van der Waals surface area contributed by atoms with E-state index < -0.39 is 0 Å². The van der Waals surface area contributed by atoms with E-state index in [4.69, 9.17) is 16.3 Å². The van der Waals surface area contributed by atoms with Crippen LogP contribution in [0.15, 0.2) is 71.4 Å². The highest BCUT2D eigenvalue weighted by Crippen LogP contribution is 2.28. The van der Waals surface area contributed by atoms with E-state index >= 15 is 0 Å². The standard InChI is InChI=1S/C22H23ClN2O2/c1-15-6-8-17(9-7-15)5-3-4-16(2)27-19-12-10-18(11-13-19)21-20(23)14-24-25-22(21)26/h3-5,10-15H,2,6-9H2,1H3,(H,25,26)/b4-3-,17-5?. The van der Waals surface area contributed by atoms with Gasteiger partial charge in [0.1, 0.15) is 11.5 Å². The zero-order chi connectivity index (χ0) is 19.2. The van der Waals surface area contributed by atoms with Gasteiger partial charge in [0.05, 0.1) is 16.8 Å². The van der Waals surface area contributed by atoms with Crippen LogP contribution in [0.4, 0.5) is 0 Å². The molecule has 1 saturated carbocycles. The Morgan fingerprint density at radius 3 is 2.67 bits per heavy atom. The van der Waals surface area contributed by atoms with Gasteiger partial charge in [-0.3, -0.25) is 4.79 Å². The molecule has 1 aromatic carbocycles. The number of halogens is 1.